The van der Waals surface area contributed by atoms with E-state index in [9.17, 15) is 9.90 Å². The van der Waals surface area contributed by atoms with E-state index in [0.717, 1.165) is 37.8 Å². The van der Waals surface area contributed by atoms with Gasteiger partial charge in [-0.1, -0.05) is 20.8 Å². The molecule has 5 rings (SSSR count). The van der Waals surface area contributed by atoms with Crippen LogP contribution < -0.4 is 5.32 Å². The van der Waals surface area contributed by atoms with Crippen molar-refractivity contribution in [2.24, 2.45) is 17.8 Å². The van der Waals surface area contributed by atoms with Crippen molar-refractivity contribution < 1.29 is 9.90 Å². The number of carbonyl (C=O) groups excluding carboxylic acids is 1. The summed E-state index contributed by atoms with van der Waals surface area (Å²) in [5.74, 6) is 1.40. The molecule has 0 aliphatic heterocycles. The average Bonchev–Trinajstić information content (AvgIpc) is 2.48. The maximum absolute atomic E-state index is 12.9. The summed E-state index contributed by atoms with van der Waals surface area (Å²) in [7, 11) is 0. The third kappa shape index (κ3) is 2.63. The second-order valence-corrected chi connectivity index (χ2v) is 9.23. The molecule has 1 amide bonds. The number of hydrogen-bond acceptors (Lipinski definition) is 4. The summed E-state index contributed by atoms with van der Waals surface area (Å²) in [6.45, 7) is 6.18. The molecule has 0 radical (unpaired) electrons. The Bertz CT molecular complexity index is 651. The molecule has 0 spiro atoms. The molecule has 5 heteroatoms. The van der Waals surface area contributed by atoms with Gasteiger partial charge in [0.25, 0.3) is 5.91 Å². The van der Waals surface area contributed by atoms with Crippen molar-refractivity contribution in [3.8, 4) is 0 Å². The van der Waals surface area contributed by atoms with Gasteiger partial charge in [0.2, 0.25) is 0 Å². The Morgan fingerprint density at radius 3 is 2.50 bits per heavy atom. The smallest absolute Gasteiger partial charge is 0.254 e. The monoisotopic (exact) mass is 329 g/mol. The van der Waals surface area contributed by atoms with Crippen LogP contribution in [0.15, 0.2) is 12.5 Å². The first-order valence-corrected chi connectivity index (χ1v) is 9.09. The van der Waals surface area contributed by atoms with Gasteiger partial charge in [-0.15, -0.1) is 0 Å². The molecule has 0 saturated heterocycles. The minimum Gasteiger partial charge on any atom is -0.390 e. The molecule has 2 atom stereocenters. The van der Waals surface area contributed by atoms with E-state index in [-0.39, 0.29) is 17.4 Å². The molecule has 1 aromatic heterocycles. The van der Waals surface area contributed by atoms with Crippen LogP contribution in [0.25, 0.3) is 0 Å². The Kier molecular flexibility index (Phi) is 3.50. The van der Waals surface area contributed by atoms with Gasteiger partial charge in [0.1, 0.15) is 6.33 Å². The number of rotatable bonds is 2. The zero-order valence-corrected chi connectivity index (χ0v) is 14.7. The zero-order chi connectivity index (χ0) is 17.1. The van der Waals surface area contributed by atoms with Crippen LogP contribution in [-0.2, 0) is 5.41 Å². The molecule has 4 fully saturated rings. The van der Waals surface area contributed by atoms with Crippen molar-refractivity contribution in [2.45, 2.75) is 69.9 Å². The topological polar surface area (TPSA) is 75.1 Å². The highest BCUT2D eigenvalue weighted by atomic mass is 16.3. The fourth-order valence-electron chi connectivity index (χ4n) is 5.54. The van der Waals surface area contributed by atoms with Crippen LogP contribution in [0.1, 0.15) is 68.9 Å². The molecule has 4 aliphatic rings. The highest BCUT2D eigenvalue weighted by Crippen LogP contribution is 2.55. The number of aromatic nitrogens is 2. The van der Waals surface area contributed by atoms with Crippen LogP contribution in [0.4, 0.5) is 0 Å². The lowest BCUT2D eigenvalue weighted by Gasteiger charge is -2.58. The van der Waals surface area contributed by atoms with Crippen molar-refractivity contribution in [3.05, 3.63) is 23.8 Å². The lowest BCUT2D eigenvalue weighted by Crippen LogP contribution is -2.61. The van der Waals surface area contributed by atoms with Gasteiger partial charge in [-0.2, -0.15) is 0 Å². The summed E-state index contributed by atoms with van der Waals surface area (Å²) >= 11 is 0. The minimum absolute atomic E-state index is 0.0648. The van der Waals surface area contributed by atoms with Gasteiger partial charge in [-0.25, -0.2) is 9.97 Å². The molecular weight excluding hydrogens is 302 g/mol. The molecule has 0 aromatic carbocycles. The van der Waals surface area contributed by atoms with E-state index >= 15 is 0 Å². The number of aliphatic hydroxyl groups is 1. The quantitative estimate of drug-likeness (QED) is 0.874. The largest absolute Gasteiger partial charge is 0.390 e. The van der Waals surface area contributed by atoms with E-state index < -0.39 is 5.60 Å². The van der Waals surface area contributed by atoms with E-state index in [1.165, 1.54) is 6.33 Å². The number of amides is 1. The molecule has 130 valence electrons. The first kappa shape index (κ1) is 16.0. The maximum Gasteiger partial charge on any atom is 0.254 e. The predicted molar refractivity (Wildman–Crippen MR) is 90.5 cm³/mol. The van der Waals surface area contributed by atoms with Crippen molar-refractivity contribution in [2.75, 3.05) is 0 Å². The zero-order valence-electron chi connectivity index (χ0n) is 14.7. The average molecular weight is 329 g/mol. The molecular formula is C19H27N3O2. The molecule has 24 heavy (non-hydrogen) atoms. The van der Waals surface area contributed by atoms with Crippen molar-refractivity contribution in [1.82, 2.24) is 15.3 Å². The molecule has 4 saturated carbocycles. The van der Waals surface area contributed by atoms with E-state index in [0.29, 0.717) is 23.3 Å². The fraction of sp³-hybridized carbons (Fsp3) is 0.737. The van der Waals surface area contributed by atoms with Gasteiger partial charge >= 0.3 is 0 Å². The molecule has 2 N–H and O–H groups in total. The van der Waals surface area contributed by atoms with E-state index in [1.54, 1.807) is 6.20 Å². The minimum atomic E-state index is -0.468. The van der Waals surface area contributed by atoms with Gasteiger partial charge < -0.3 is 10.4 Å². The van der Waals surface area contributed by atoms with Crippen LogP contribution in [0.2, 0.25) is 0 Å². The Labute approximate surface area is 143 Å². The molecule has 1 heterocycles. The van der Waals surface area contributed by atoms with Crippen LogP contribution in [0, 0.1) is 17.8 Å². The van der Waals surface area contributed by atoms with Crippen molar-refractivity contribution >= 4 is 5.91 Å². The van der Waals surface area contributed by atoms with Gasteiger partial charge in [0.05, 0.1) is 16.9 Å². The second-order valence-electron chi connectivity index (χ2n) is 9.23. The van der Waals surface area contributed by atoms with Gasteiger partial charge in [-0.05, 0) is 49.9 Å². The van der Waals surface area contributed by atoms with Gasteiger partial charge in [0.15, 0.2) is 0 Å². The lowest BCUT2D eigenvalue weighted by molar-refractivity contribution is -0.136. The third-order valence-electron chi connectivity index (χ3n) is 6.21. The van der Waals surface area contributed by atoms with Crippen LogP contribution in [-0.4, -0.2) is 32.6 Å². The lowest BCUT2D eigenvalue weighted by atomic mass is 9.52. The summed E-state index contributed by atoms with van der Waals surface area (Å²) in [5.41, 5.74) is 0.703. The summed E-state index contributed by atoms with van der Waals surface area (Å²) in [5, 5.41) is 14.0. The summed E-state index contributed by atoms with van der Waals surface area (Å²) in [4.78, 5) is 21.3. The second kappa shape index (κ2) is 5.25. The molecule has 5 nitrogen and oxygen atoms in total. The van der Waals surface area contributed by atoms with Crippen LogP contribution in [0.3, 0.4) is 0 Å². The SMILES string of the molecule is CC(C)(C)c1ncncc1C(=O)N[C@H]1C2CC3CC1C[C@@](O)(C3)C2. The number of nitrogens with one attached hydrogen (secondary N) is 1. The Morgan fingerprint density at radius 1 is 1.25 bits per heavy atom. The van der Waals surface area contributed by atoms with Gasteiger partial charge in [-0.3, -0.25) is 4.79 Å². The molecule has 2 unspecified atom stereocenters. The van der Waals surface area contributed by atoms with Crippen LogP contribution >= 0.6 is 0 Å². The third-order valence-corrected chi connectivity index (χ3v) is 6.21. The van der Waals surface area contributed by atoms with Gasteiger partial charge in [0, 0.05) is 17.7 Å². The highest BCUT2D eigenvalue weighted by Gasteiger charge is 2.55. The number of carbonyl (C=O) groups is 1. The summed E-state index contributed by atoms with van der Waals surface area (Å²) in [6.07, 6.45) is 8.05. The Balaban J connectivity index is 1.56. The molecule has 4 aliphatic carbocycles. The predicted octanol–water partition coefficient (Wildman–Crippen LogP) is 2.44. The van der Waals surface area contributed by atoms with E-state index in [1.807, 2.05) is 0 Å². The first-order chi connectivity index (χ1) is 11.3. The normalized spacial score (nSPS) is 37.5. The molecule has 1 aromatic rings. The summed E-state index contributed by atoms with van der Waals surface area (Å²) < 4.78 is 0. The van der Waals surface area contributed by atoms with Crippen molar-refractivity contribution in [3.63, 3.8) is 0 Å². The van der Waals surface area contributed by atoms with E-state index in [4.69, 9.17) is 0 Å². The summed E-state index contributed by atoms with van der Waals surface area (Å²) in [6, 6.07) is 0.183. The highest BCUT2D eigenvalue weighted by molar-refractivity contribution is 5.95. The standard InChI is InChI=1S/C19H27N3O2/c1-18(2,3)16-14(9-20-10-21-16)17(23)22-15-12-4-11-5-13(15)8-19(24,6-11)7-12/h9-13,15,24H,4-8H2,1-3H3,(H,22,23)/t11?,12?,13?,15-,19+. The van der Waals surface area contributed by atoms with Crippen molar-refractivity contribution in [1.29, 1.82) is 0 Å². The number of hydrogen-bond donors (Lipinski definition) is 2. The fourth-order valence-corrected chi connectivity index (χ4v) is 5.54. The maximum atomic E-state index is 12.9. The van der Waals surface area contributed by atoms with Crippen LogP contribution in [0.5, 0.6) is 0 Å². The first-order valence-electron chi connectivity index (χ1n) is 9.09. The molecule has 4 bridgehead atoms. The number of nitrogens with zero attached hydrogens (tertiary/aromatic N) is 2. The van der Waals surface area contributed by atoms with E-state index in [2.05, 4.69) is 36.1 Å². The Hall–Kier alpha value is -1.49. The Morgan fingerprint density at radius 2 is 1.92 bits per heavy atom.